The Hall–Kier alpha value is -1.42. The molecule has 1 saturated carbocycles. The minimum absolute atomic E-state index is 0.00968. The van der Waals surface area contributed by atoms with Crippen LogP contribution in [0.4, 0.5) is 4.39 Å². The molecule has 0 radical (unpaired) electrons. The molecule has 116 valence electrons. The maximum absolute atomic E-state index is 13.8. The molecule has 0 bridgehead atoms. The molecule has 1 N–H and O–H groups in total. The van der Waals surface area contributed by atoms with Crippen LogP contribution in [0.15, 0.2) is 18.2 Å². The number of hydrogen-bond acceptors (Lipinski definition) is 3. The summed E-state index contributed by atoms with van der Waals surface area (Å²) in [7, 11) is 1.25. The van der Waals surface area contributed by atoms with Crippen molar-refractivity contribution in [3.8, 4) is 0 Å². The van der Waals surface area contributed by atoms with Crippen molar-refractivity contribution in [3.05, 3.63) is 35.1 Å². The van der Waals surface area contributed by atoms with Gasteiger partial charge in [0.1, 0.15) is 5.82 Å². The Morgan fingerprint density at radius 3 is 2.86 bits per heavy atom. The van der Waals surface area contributed by atoms with Crippen LogP contribution in [-0.4, -0.2) is 19.1 Å². The number of benzene rings is 1. The van der Waals surface area contributed by atoms with Gasteiger partial charge in [0.05, 0.1) is 12.7 Å². The molecule has 1 aliphatic carbocycles. The summed E-state index contributed by atoms with van der Waals surface area (Å²) in [6.45, 7) is 2.95. The predicted molar refractivity (Wildman–Crippen MR) is 80.6 cm³/mol. The molecule has 2 unspecified atom stereocenters. The largest absolute Gasteiger partial charge is 0.465 e. The number of hydrogen-bond donors (Lipinski definition) is 1. The molecule has 1 aromatic rings. The van der Waals surface area contributed by atoms with E-state index in [1.54, 1.807) is 6.07 Å². The van der Waals surface area contributed by atoms with Gasteiger partial charge in [-0.25, -0.2) is 9.18 Å². The number of rotatable bonds is 4. The van der Waals surface area contributed by atoms with E-state index in [1.165, 1.54) is 51.3 Å². The van der Waals surface area contributed by atoms with Crippen LogP contribution >= 0.6 is 0 Å². The molecular formula is C17H24FNO2. The monoisotopic (exact) mass is 293 g/mol. The van der Waals surface area contributed by atoms with E-state index in [-0.39, 0.29) is 5.56 Å². The van der Waals surface area contributed by atoms with Crippen LogP contribution in [0.5, 0.6) is 0 Å². The third kappa shape index (κ3) is 4.53. The van der Waals surface area contributed by atoms with Crippen LogP contribution in [0, 0.1) is 11.7 Å². The Balaban J connectivity index is 1.91. The van der Waals surface area contributed by atoms with E-state index in [1.807, 2.05) is 0 Å². The van der Waals surface area contributed by atoms with Crippen molar-refractivity contribution in [3.63, 3.8) is 0 Å². The van der Waals surface area contributed by atoms with Gasteiger partial charge in [0.15, 0.2) is 0 Å². The van der Waals surface area contributed by atoms with Gasteiger partial charge >= 0.3 is 5.97 Å². The molecule has 2 rings (SSSR count). The van der Waals surface area contributed by atoms with Gasteiger partial charge in [-0.15, -0.1) is 0 Å². The normalized spacial score (nSPS) is 22.6. The Morgan fingerprint density at radius 1 is 1.33 bits per heavy atom. The summed E-state index contributed by atoms with van der Waals surface area (Å²) < 4.78 is 18.4. The predicted octanol–water partition coefficient (Wildman–Crippen LogP) is 3.67. The average molecular weight is 293 g/mol. The fraction of sp³-hybridized carbons (Fsp3) is 0.588. The SMILES string of the molecule is COC(=O)c1ccc(CNC2CCCC(C)CC2)cc1F. The lowest BCUT2D eigenvalue weighted by molar-refractivity contribution is 0.0595. The number of methoxy groups -OCH3 is 1. The van der Waals surface area contributed by atoms with E-state index in [2.05, 4.69) is 17.0 Å². The first-order valence-corrected chi connectivity index (χ1v) is 7.70. The van der Waals surface area contributed by atoms with Gasteiger partial charge in [0.2, 0.25) is 0 Å². The number of esters is 1. The second-order valence-corrected chi connectivity index (χ2v) is 6.00. The number of halogens is 1. The van der Waals surface area contributed by atoms with Crippen molar-refractivity contribution in [2.45, 2.75) is 51.6 Å². The summed E-state index contributed by atoms with van der Waals surface area (Å²) in [6.07, 6.45) is 6.19. The Morgan fingerprint density at radius 2 is 2.14 bits per heavy atom. The first kappa shape index (κ1) is 16.0. The van der Waals surface area contributed by atoms with Gasteiger partial charge in [-0.1, -0.05) is 25.8 Å². The quantitative estimate of drug-likeness (QED) is 0.680. The second kappa shape index (κ2) is 7.55. The maximum Gasteiger partial charge on any atom is 0.340 e. The first-order valence-electron chi connectivity index (χ1n) is 7.70. The molecule has 0 heterocycles. The Kier molecular flexibility index (Phi) is 5.74. The van der Waals surface area contributed by atoms with Gasteiger partial charge in [0.25, 0.3) is 0 Å². The molecule has 0 aliphatic heterocycles. The van der Waals surface area contributed by atoms with E-state index < -0.39 is 11.8 Å². The van der Waals surface area contributed by atoms with Gasteiger partial charge in [-0.3, -0.25) is 0 Å². The summed E-state index contributed by atoms with van der Waals surface area (Å²) in [5.41, 5.74) is 0.849. The van der Waals surface area contributed by atoms with Crippen molar-refractivity contribution in [2.24, 2.45) is 5.92 Å². The Bertz CT molecular complexity index is 490. The van der Waals surface area contributed by atoms with Crippen molar-refractivity contribution in [1.29, 1.82) is 0 Å². The molecule has 0 saturated heterocycles. The molecule has 1 aromatic carbocycles. The standard InChI is InChI=1S/C17H24FNO2/c1-12-4-3-5-14(8-6-12)19-11-13-7-9-15(16(18)10-13)17(20)21-2/h7,9-10,12,14,19H,3-6,8,11H2,1-2H3. The van der Waals surface area contributed by atoms with Crippen LogP contribution in [0.25, 0.3) is 0 Å². The fourth-order valence-corrected chi connectivity index (χ4v) is 2.90. The van der Waals surface area contributed by atoms with E-state index in [4.69, 9.17) is 0 Å². The lowest BCUT2D eigenvalue weighted by Crippen LogP contribution is -2.28. The third-order valence-electron chi connectivity index (χ3n) is 4.29. The van der Waals surface area contributed by atoms with Crippen LogP contribution in [0.3, 0.4) is 0 Å². The highest BCUT2D eigenvalue weighted by atomic mass is 19.1. The van der Waals surface area contributed by atoms with E-state index in [9.17, 15) is 9.18 Å². The van der Waals surface area contributed by atoms with E-state index in [0.717, 1.165) is 11.5 Å². The molecule has 0 aromatic heterocycles. The van der Waals surface area contributed by atoms with Crippen LogP contribution in [0.2, 0.25) is 0 Å². The maximum atomic E-state index is 13.8. The molecule has 21 heavy (non-hydrogen) atoms. The average Bonchev–Trinajstić information content (AvgIpc) is 2.69. The topological polar surface area (TPSA) is 38.3 Å². The molecule has 1 aliphatic rings. The molecule has 0 spiro atoms. The fourth-order valence-electron chi connectivity index (χ4n) is 2.90. The third-order valence-corrected chi connectivity index (χ3v) is 4.29. The van der Waals surface area contributed by atoms with E-state index in [0.29, 0.717) is 12.6 Å². The summed E-state index contributed by atoms with van der Waals surface area (Å²) in [5.74, 6) is -0.339. The zero-order valence-electron chi connectivity index (χ0n) is 12.8. The lowest BCUT2D eigenvalue weighted by Gasteiger charge is -2.16. The number of nitrogens with one attached hydrogen (secondary N) is 1. The highest BCUT2D eigenvalue weighted by Crippen LogP contribution is 2.23. The number of carbonyl (C=O) groups excluding carboxylic acids is 1. The van der Waals surface area contributed by atoms with Gasteiger partial charge in [0, 0.05) is 12.6 Å². The molecule has 1 fully saturated rings. The zero-order valence-corrected chi connectivity index (χ0v) is 12.8. The molecule has 2 atom stereocenters. The number of carbonyl (C=O) groups is 1. The highest BCUT2D eigenvalue weighted by molar-refractivity contribution is 5.89. The summed E-state index contributed by atoms with van der Waals surface area (Å²) >= 11 is 0. The summed E-state index contributed by atoms with van der Waals surface area (Å²) in [4.78, 5) is 11.3. The van der Waals surface area contributed by atoms with Crippen LogP contribution in [0.1, 0.15) is 54.9 Å². The number of ether oxygens (including phenoxy) is 1. The summed E-state index contributed by atoms with van der Waals surface area (Å²) in [6, 6.07) is 5.20. The van der Waals surface area contributed by atoms with Crippen molar-refractivity contribution in [1.82, 2.24) is 5.32 Å². The highest BCUT2D eigenvalue weighted by Gasteiger charge is 2.16. The summed E-state index contributed by atoms with van der Waals surface area (Å²) in [5, 5.41) is 3.51. The van der Waals surface area contributed by atoms with Gasteiger partial charge in [-0.05, 0) is 42.9 Å². The molecule has 3 nitrogen and oxygen atoms in total. The second-order valence-electron chi connectivity index (χ2n) is 6.00. The zero-order chi connectivity index (χ0) is 15.2. The first-order chi connectivity index (χ1) is 10.1. The van der Waals surface area contributed by atoms with Crippen molar-refractivity contribution >= 4 is 5.97 Å². The van der Waals surface area contributed by atoms with Gasteiger partial charge in [-0.2, -0.15) is 0 Å². The lowest BCUT2D eigenvalue weighted by atomic mass is 10.0. The van der Waals surface area contributed by atoms with E-state index >= 15 is 0 Å². The molecule has 0 amide bonds. The molecular weight excluding hydrogens is 269 g/mol. The van der Waals surface area contributed by atoms with Gasteiger partial charge < -0.3 is 10.1 Å². The molecule has 4 heteroatoms. The van der Waals surface area contributed by atoms with Crippen molar-refractivity contribution in [2.75, 3.05) is 7.11 Å². The minimum Gasteiger partial charge on any atom is -0.465 e. The minimum atomic E-state index is -0.634. The smallest absolute Gasteiger partial charge is 0.340 e. The Labute approximate surface area is 125 Å². The van der Waals surface area contributed by atoms with Crippen LogP contribution < -0.4 is 5.32 Å². The van der Waals surface area contributed by atoms with Crippen LogP contribution in [-0.2, 0) is 11.3 Å². The van der Waals surface area contributed by atoms with Crippen molar-refractivity contribution < 1.29 is 13.9 Å².